The van der Waals surface area contributed by atoms with Crippen LogP contribution in [-0.2, 0) is 0 Å². The number of halogens is 2. The molecule has 2 N–H and O–H groups in total. The fourth-order valence-corrected chi connectivity index (χ4v) is 3.14. The van der Waals surface area contributed by atoms with Gasteiger partial charge in [-0.15, -0.1) is 0 Å². The number of aromatic amines is 1. The van der Waals surface area contributed by atoms with Crippen molar-refractivity contribution >= 4 is 55.1 Å². The topological polar surface area (TPSA) is 53.1 Å². The predicted octanol–water partition coefficient (Wildman–Crippen LogP) is 4.84. The molecular formula is C15H12Br2N4. The molecule has 4 nitrogen and oxygen atoms in total. The molecule has 2 aromatic carbocycles. The first-order valence-electron chi connectivity index (χ1n) is 6.33. The van der Waals surface area contributed by atoms with Gasteiger partial charge in [-0.25, -0.2) is 10.4 Å². The molecule has 0 fully saturated rings. The van der Waals surface area contributed by atoms with Gasteiger partial charge >= 0.3 is 0 Å². The van der Waals surface area contributed by atoms with E-state index in [2.05, 4.69) is 52.4 Å². The summed E-state index contributed by atoms with van der Waals surface area (Å²) in [6, 6.07) is 11.9. The molecule has 3 aromatic rings. The smallest absolute Gasteiger partial charge is 0.222 e. The number of anilines is 1. The van der Waals surface area contributed by atoms with E-state index in [-0.39, 0.29) is 0 Å². The first kappa shape index (κ1) is 14.3. The zero-order valence-electron chi connectivity index (χ0n) is 11.2. The second kappa shape index (κ2) is 5.99. The molecular weight excluding hydrogens is 396 g/mol. The number of aromatic nitrogens is 2. The van der Waals surface area contributed by atoms with E-state index >= 15 is 0 Å². The second-order valence-electron chi connectivity index (χ2n) is 4.58. The summed E-state index contributed by atoms with van der Waals surface area (Å²) in [5.41, 5.74) is 6.96. The Kier molecular flexibility index (Phi) is 4.07. The van der Waals surface area contributed by atoms with Crippen LogP contribution in [0.4, 0.5) is 5.95 Å². The Morgan fingerprint density at radius 1 is 1.19 bits per heavy atom. The molecule has 1 aromatic heterocycles. The van der Waals surface area contributed by atoms with Gasteiger partial charge in [0.05, 0.1) is 17.2 Å². The fourth-order valence-electron chi connectivity index (χ4n) is 1.91. The lowest BCUT2D eigenvalue weighted by molar-refractivity contribution is 1.21. The molecule has 0 spiro atoms. The van der Waals surface area contributed by atoms with Gasteiger partial charge in [-0.2, -0.15) is 5.10 Å². The van der Waals surface area contributed by atoms with Gasteiger partial charge in [-0.3, -0.25) is 0 Å². The molecule has 0 bridgehead atoms. The third kappa shape index (κ3) is 3.16. The minimum Gasteiger partial charge on any atom is -0.323 e. The van der Waals surface area contributed by atoms with Crippen molar-refractivity contribution in [2.24, 2.45) is 5.10 Å². The van der Waals surface area contributed by atoms with Crippen molar-refractivity contribution in [1.82, 2.24) is 9.97 Å². The molecule has 0 aliphatic heterocycles. The molecule has 0 unspecified atom stereocenters. The number of nitrogens with one attached hydrogen (secondary N) is 2. The SMILES string of the molecule is Cc1c(Br)cc(/C=N\Nc2nc3ccccc3[nH]2)cc1Br. The summed E-state index contributed by atoms with van der Waals surface area (Å²) in [5.74, 6) is 0.623. The number of imidazole rings is 1. The first-order valence-corrected chi connectivity index (χ1v) is 7.91. The average molecular weight is 408 g/mol. The van der Waals surface area contributed by atoms with Crippen molar-refractivity contribution < 1.29 is 0 Å². The highest BCUT2D eigenvalue weighted by Gasteiger charge is 2.02. The van der Waals surface area contributed by atoms with Crippen LogP contribution in [0.3, 0.4) is 0 Å². The molecule has 0 amide bonds. The number of hydrazone groups is 1. The number of rotatable bonds is 3. The van der Waals surface area contributed by atoms with Crippen molar-refractivity contribution in [3.63, 3.8) is 0 Å². The summed E-state index contributed by atoms with van der Waals surface area (Å²) in [7, 11) is 0. The lowest BCUT2D eigenvalue weighted by Gasteiger charge is -2.03. The van der Waals surface area contributed by atoms with Gasteiger partial charge in [0, 0.05) is 8.95 Å². The lowest BCUT2D eigenvalue weighted by atomic mass is 10.2. The summed E-state index contributed by atoms with van der Waals surface area (Å²) in [6.45, 7) is 2.04. The maximum absolute atomic E-state index is 4.39. The van der Waals surface area contributed by atoms with E-state index in [4.69, 9.17) is 0 Å². The number of hydrogen-bond acceptors (Lipinski definition) is 3. The predicted molar refractivity (Wildman–Crippen MR) is 93.9 cm³/mol. The normalized spacial score (nSPS) is 11.4. The van der Waals surface area contributed by atoms with Crippen molar-refractivity contribution in [3.8, 4) is 0 Å². The Morgan fingerprint density at radius 2 is 1.90 bits per heavy atom. The largest absolute Gasteiger partial charge is 0.323 e. The quantitative estimate of drug-likeness (QED) is 0.482. The summed E-state index contributed by atoms with van der Waals surface area (Å²) < 4.78 is 2.09. The number of nitrogens with zero attached hydrogens (tertiary/aromatic N) is 2. The van der Waals surface area contributed by atoms with Gasteiger partial charge in [0.2, 0.25) is 5.95 Å². The molecule has 21 heavy (non-hydrogen) atoms. The van der Waals surface area contributed by atoms with Crippen LogP contribution in [0, 0.1) is 6.92 Å². The zero-order valence-corrected chi connectivity index (χ0v) is 14.4. The third-order valence-electron chi connectivity index (χ3n) is 3.08. The Morgan fingerprint density at radius 3 is 2.62 bits per heavy atom. The van der Waals surface area contributed by atoms with Gasteiger partial charge in [0.15, 0.2) is 0 Å². The van der Waals surface area contributed by atoms with Crippen LogP contribution in [0.25, 0.3) is 11.0 Å². The van der Waals surface area contributed by atoms with Crippen molar-refractivity contribution in [3.05, 3.63) is 56.5 Å². The van der Waals surface area contributed by atoms with Crippen molar-refractivity contribution in [1.29, 1.82) is 0 Å². The molecule has 0 aliphatic carbocycles. The van der Waals surface area contributed by atoms with Crippen LogP contribution in [0.2, 0.25) is 0 Å². The maximum atomic E-state index is 4.39. The highest BCUT2D eigenvalue weighted by molar-refractivity contribution is 9.11. The van der Waals surface area contributed by atoms with Crippen LogP contribution < -0.4 is 5.43 Å². The van der Waals surface area contributed by atoms with E-state index in [9.17, 15) is 0 Å². The van der Waals surface area contributed by atoms with Crippen LogP contribution in [0.1, 0.15) is 11.1 Å². The van der Waals surface area contributed by atoms with Crippen LogP contribution in [0.15, 0.2) is 50.4 Å². The van der Waals surface area contributed by atoms with Crippen molar-refractivity contribution in [2.75, 3.05) is 5.43 Å². The standard InChI is InChI=1S/C15H12Br2N4/c1-9-11(16)6-10(7-12(9)17)8-18-21-15-19-13-4-2-3-5-14(13)20-15/h2-8H,1H3,(H2,19,20,21)/b18-8-. The van der Waals surface area contributed by atoms with Gasteiger partial charge < -0.3 is 4.98 Å². The van der Waals surface area contributed by atoms with Crippen LogP contribution in [0.5, 0.6) is 0 Å². The molecule has 0 saturated carbocycles. The van der Waals surface area contributed by atoms with Crippen LogP contribution in [-0.4, -0.2) is 16.2 Å². The Bertz CT molecular complexity index is 767. The van der Waals surface area contributed by atoms with Gasteiger partial charge in [-0.05, 0) is 42.3 Å². The summed E-state index contributed by atoms with van der Waals surface area (Å²) in [6.07, 6.45) is 1.75. The highest BCUT2D eigenvalue weighted by atomic mass is 79.9. The summed E-state index contributed by atoms with van der Waals surface area (Å²) in [5, 5.41) is 4.21. The molecule has 0 aliphatic rings. The monoisotopic (exact) mass is 406 g/mol. The number of benzene rings is 2. The van der Waals surface area contributed by atoms with Gasteiger partial charge in [0.1, 0.15) is 0 Å². The van der Waals surface area contributed by atoms with E-state index in [0.29, 0.717) is 5.95 Å². The Labute approximate surface area is 138 Å². The van der Waals surface area contributed by atoms with E-state index in [0.717, 1.165) is 31.1 Å². The van der Waals surface area contributed by atoms with Gasteiger partial charge in [-0.1, -0.05) is 44.0 Å². The van der Waals surface area contributed by atoms with Gasteiger partial charge in [0.25, 0.3) is 0 Å². The minimum atomic E-state index is 0.623. The maximum Gasteiger partial charge on any atom is 0.222 e. The molecule has 0 saturated heterocycles. The summed E-state index contributed by atoms with van der Waals surface area (Å²) in [4.78, 5) is 7.55. The number of hydrogen-bond donors (Lipinski definition) is 2. The molecule has 0 radical (unpaired) electrons. The number of fused-ring (bicyclic) bond motifs is 1. The minimum absolute atomic E-state index is 0.623. The van der Waals surface area contributed by atoms with E-state index in [1.807, 2.05) is 43.3 Å². The zero-order chi connectivity index (χ0) is 14.8. The summed E-state index contributed by atoms with van der Waals surface area (Å²) >= 11 is 7.05. The average Bonchev–Trinajstić information content (AvgIpc) is 2.87. The molecule has 1 heterocycles. The van der Waals surface area contributed by atoms with Crippen molar-refractivity contribution in [2.45, 2.75) is 6.92 Å². The van der Waals surface area contributed by atoms with E-state index < -0.39 is 0 Å². The van der Waals surface area contributed by atoms with Crippen LogP contribution >= 0.6 is 31.9 Å². The third-order valence-corrected chi connectivity index (χ3v) is 4.72. The first-order chi connectivity index (χ1) is 10.1. The van der Waals surface area contributed by atoms with E-state index in [1.54, 1.807) is 6.21 Å². The Balaban J connectivity index is 1.77. The lowest BCUT2D eigenvalue weighted by Crippen LogP contribution is -1.93. The highest BCUT2D eigenvalue weighted by Crippen LogP contribution is 2.25. The van der Waals surface area contributed by atoms with E-state index in [1.165, 1.54) is 0 Å². The number of H-pyrrole nitrogens is 1. The molecule has 3 rings (SSSR count). The molecule has 0 atom stereocenters. The molecule has 106 valence electrons. The number of para-hydroxylation sites is 2. The Hall–Kier alpha value is -1.66. The second-order valence-corrected chi connectivity index (χ2v) is 6.29. The fraction of sp³-hybridized carbons (Fsp3) is 0.0667. The molecule has 6 heteroatoms.